The summed E-state index contributed by atoms with van der Waals surface area (Å²) in [7, 11) is 0. The molecule has 2 N–H and O–H groups in total. The Labute approximate surface area is 558 Å². The Bertz CT molecular complexity index is 4710. The number of aromatic nitrogens is 4. The van der Waals surface area contributed by atoms with Crippen LogP contribution in [0.5, 0.6) is 0 Å². The van der Waals surface area contributed by atoms with Gasteiger partial charge in [0.15, 0.2) is 0 Å². The average Bonchev–Trinajstić information content (AvgIpc) is 1.54. The summed E-state index contributed by atoms with van der Waals surface area (Å²) in [4.78, 5) is 20.2. The van der Waals surface area contributed by atoms with Gasteiger partial charge in [-0.2, -0.15) is 0 Å². The summed E-state index contributed by atoms with van der Waals surface area (Å²) in [5, 5.41) is 0. The molecule has 0 fully saturated rings. The van der Waals surface area contributed by atoms with E-state index in [0.717, 1.165) is 178 Å². The number of hydrogen-bond donors (Lipinski definition) is 2. The average molecular weight is 1220 g/mol. The lowest BCUT2D eigenvalue weighted by molar-refractivity contribution is 1.31. The van der Waals surface area contributed by atoms with Crippen LogP contribution in [0.15, 0.2) is 340 Å². The summed E-state index contributed by atoms with van der Waals surface area (Å²) in [5.41, 5.74) is 32.7. The van der Waals surface area contributed by atoms with Crippen LogP contribution < -0.4 is 0 Å². The van der Waals surface area contributed by atoms with E-state index >= 15 is 0 Å². The molecule has 0 atom stereocenters. The van der Waals surface area contributed by atoms with Crippen LogP contribution in [-0.4, -0.2) is 19.9 Å². The molecule has 0 unspecified atom stereocenters. The number of benzene rings is 12. The molecular weight excluding hydrogens is 1160 g/mol. The molecule has 0 radical (unpaired) electrons. The van der Waals surface area contributed by atoms with Crippen molar-refractivity contribution in [2.24, 2.45) is 0 Å². The first-order valence-corrected chi connectivity index (χ1v) is 32.8. The Hall–Kier alpha value is -12.8. The smallest absolute Gasteiger partial charge is 0.0737 e. The van der Waals surface area contributed by atoms with Gasteiger partial charge in [-0.3, -0.25) is 0 Å². The predicted octanol–water partition coefficient (Wildman–Crippen LogP) is 24.7. The fourth-order valence-electron chi connectivity index (χ4n) is 13.9. The second-order valence-electron chi connectivity index (χ2n) is 24.6. The zero-order valence-electron chi connectivity index (χ0n) is 52.5. The molecule has 450 valence electrons. The summed E-state index contributed by atoms with van der Waals surface area (Å²) in [6, 6.07) is 123. The molecule has 12 aromatic carbocycles. The van der Waals surface area contributed by atoms with E-state index < -0.39 is 0 Å². The van der Waals surface area contributed by atoms with Gasteiger partial charge in [0.2, 0.25) is 0 Å². The van der Waals surface area contributed by atoms with Crippen LogP contribution in [0.3, 0.4) is 0 Å². The molecular formula is C92H62N4. The topological polar surface area (TPSA) is 57.4 Å². The van der Waals surface area contributed by atoms with Crippen LogP contribution in [0.2, 0.25) is 0 Å². The zero-order valence-corrected chi connectivity index (χ0v) is 52.5. The monoisotopic (exact) mass is 1220 g/mol. The molecule has 0 aliphatic carbocycles. The number of H-pyrrole nitrogens is 2. The summed E-state index contributed by atoms with van der Waals surface area (Å²) in [6.45, 7) is 0. The Kier molecular flexibility index (Phi) is 14.9. The van der Waals surface area contributed by atoms with E-state index in [0.29, 0.717) is 0 Å². The Morgan fingerprint density at radius 2 is 0.292 bits per heavy atom. The third kappa shape index (κ3) is 11.3. The molecule has 0 amide bonds. The fraction of sp³-hybridized carbons (Fsp3) is 0. The Balaban J connectivity index is 1.03. The molecule has 15 aromatic rings. The Morgan fingerprint density at radius 1 is 0.146 bits per heavy atom. The normalized spacial score (nSPS) is 11.7. The summed E-state index contributed by atoms with van der Waals surface area (Å²) >= 11 is 0. The van der Waals surface area contributed by atoms with Gasteiger partial charge >= 0.3 is 0 Å². The number of hydrogen-bond acceptors (Lipinski definition) is 2. The van der Waals surface area contributed by atoms with Crippen LogP contribution in [0.25, 0.3) is 180 Å². The minimum atomic E-state index is 0.827. The van der Waals surface area contributed by atoms with Crippen LogP contribution >= 0.6 is 0 Å². The third-order valence-corrected chi connectivity index (χ3v) is 18.5. The van der Waals surface area contributed by atoms with Gasteiger partial charge in [0.05, 0.1) is 22.8 Å². The summed E-state index contributed by atoms with van der Waals surface area (Å²) in [6.07, 6.45) is 8.86. The van der Waals surface area contributed by atoms with E-state index in [9.17, 15) is 0 Å². The molecule has 0 saturated carbocycles. The fourth-order valence-corrected chi connectivity index (χ4v) is 13.9. The van der Waals surface area contributed by atoms with Crippen molar-refractivity contribution in [1.29, 1.82) is 0 Å². The van der Waals surface area contributed by atoms with E-state index in [1.54, 1.807) is 0 Å². The lowest BCUT2D eigenvalue weighted by Gasteiger charge is -2.14. The zero-order chi connectivity index (χ0) is 63.7. The van der Waals surface area contributed by atoms with Gasteiger partial charge in [-0.15, -0.1) is 0 Å². The van der Waals surface area contributed by atoms with Crippen LogP contribution in [0, 0.1) is 0 Å². The highest BCUT2D eigenvalue weighted by molar-refractivity contribution is 6.03. The molecule has 2 aliphatic rings. The Morgan fingerprint density at radius 3 is 0.448 bits per heavy atom. The van der Waals surface area contributed by atoms with Gasteiger partial charge in [-0.25, -0.2) is 9.97 Å². The summed E-state index contributed by atoms with van der Waals surface area (Å²) in [5.74, 6) is 0. The molecule has 5 heterocycles. The largest absolute Gasteiger partial charge is 0.354 e. The first kappa shape index (κ1) is 57.2. The highest BCUT2D eigenvalue weighted by Crippen LogP contribution is 2.45. The molecule has 3 aromatic heterocycles. The highest BCUT2D eigenvalue weighted by Gasteiger charge is 2.23. The quantitative estimate of drug-likeness (QED) is 0.128. The minimum absolute atomic E-state index is 0.827. The lowest BCUT2D eigenvalue weighted by Crippen LogP contribution is -1.92. The van der Waals surface area contributed by atoms with Gasteiger partial charge in [-0.1, -0.05) is 243 Å². The SMILES string of the molecule is C1=Cc2nc1c(-c1cc(-c3ccccc3)cc(-c3ccccc3)c1)c1ccc([nH]1)c(-c1cc(-c3ccccc3)cc(-c3ccccc3)c1)c1nc(c(-c3cc(-c4ccccc4)cc(-c4ccccc4)c3)c3ccc([nH]3)c2-c2cc(-c3ccccc3)cc(-c3ccccc3)c2)C=C1. The predicted molar refractivity (Wildman–Crippen MR) is 404 cm³/mol. The second-order valence-corrected chi connectivity index (χ2v) is 24.6. The number of aromatic amines is 2. The molecule has 8 bridgehead atoms. The van der Waals surface area contributed by atoms with Crippen LogP contribution in [0.1, 0.15) is 22.8 Å². The first-order chi connectivity index (χ1) is 47.5. The van der Waals surface area contributed by atoms with Crippen molar-refractivity contribution < 1.29 is 0 Å². The molecule has 0 saturated heterocycles. The number of nitrogens with one attached hydrogen (secondary N) is 2. The minimum Gasteiger partial charge on any atom is -0.354 e. The van der Waals surface area contributed by atoms with Gasteiger partial charge in [0.25, 0.3) is 0 Å². The number of nitrogens with zero attached hydrogens (tertiary/aromatic N) is 2. The molecule has 4 nitrogen and oxygen atoms in total. The van der Waals surface area contributed by atoms with E-state index in [1.165, 1.54) is 0 Å². The van der Waals surface area contributed by atoms with Crippen molar-refractivity contribution in [3.63, 3.8) is 0 Å². The first-order valence-electron chi connectivity index (χ1n) is 32.8. The van der Waals surface area contributed by atoms with E-state index in [1.807, 2.05) is 0 Å². The maximum Gasteiger partial charge on any atom is 0.0737 e. The maximum atomic E-state index is 5.94. The van der Waals surface area contributed by atoms with E-state index in [2.05, 4.69) is 374 Å². The number of fused-ring (bicyclic) bond motifs is 8. The van der Waals surface area contributed by atoms with Crippen molar-refractivity contribution in [2.45, 2.75) is 0 Å². The van der Waals surface area contributed by atoms with Crippen molar-refractivity contribution in [3.8, 4) is 134 Å². The molecule has 96 heavy (non-hydrogen) atoms. The van der Waals surface area contributed by atoms with E-state index in [4.69, 9.17) is 9.97 Å². The van der Waals surface area contributed by atoms with Crippen molar-refractivity contribution in [3.05, 3.63) is 362 Å². The van der Waals surface area contributed by atoms with Crippen LogP contribution in [-0.2, 0) is 0 Å². The van der Waals surface area contributed by atoms with E-state index in [-0.39, 0.29) is 0 Å². The van der Waals surface area contributed by atoms with Gasteiger partial charge in [0.1, 0.15) is 0 Å². The maximum absolute atomic E-state index is 5.94. The molecule has 0 spiro atoms. The third-order valence-electron chi connectivity index (χ3n) is 18.5. The van der Waals surface area contributed by atoms with Crippen molar-refractivity contribution >= 4 is 46.4 Å². The molecule has 2 aliphatic heterocycles. The summed E-state index contributed by atoms with van der Waals surface area (Å²) < 4.78 is 0. The van der Waals surface area contributed by atoms with Crippen molar-refractivity contribution in [2.75, 3.05) is 0 Å². The highest BCUT2D eigenvalue weighted by atomic mass is 14.8. The van der Waals surface area contributed by atoms with Crippen LogP contribution in [0.4, 0.5) is 0 Å². The van der Waals surface area contributed by atoms with Crippen molar-refractivity contribution in [1.82, 2.24) is 19.9 Å². The standard InChI is InChI=1S/C92H62N4/c1-9-25-61(26-10-1)69-49-70(62-27-11-2-12-28-62)54-77(53-69)89-81-41-43-83(93-81)90(78-55-71(63-29-13-3-14-30-63)50-72(56-78)64-31-15-4-16-32-64)85-45-47-87(95-85)92(80-59-75(67-37-21-7-22-38-67)52-76(60-80)68-39-23-8-24-40-68)88-48-46-86(96-88)91(84-44-42-82(89)94-84)79-57-73(65-33-17-5-18-34-65)51-74(58-79)66-35-19-6-20-36-66/h1-60,93,96H. The second kappa shape index (κ2) is 25.0. The molecule has 4 heteroatoms. The lowest BCUT2D eigenvalue weighted by atomic mass is 9.92. The van der Waals surface area contributed by atoms with Gasteiger partial charge < -0.3 is 9.97 Å². The number of rotatable bonds is 12. The van der Waals surface area contributed by atoms with Gasteiger partial charge in [-0.05, 0) is 233 Å². The van der Waals surface area contributed by atoms with Gasteiger partial charge in [0, 0.05) is 44.3 Å². The molecule has 17 rings (SSSR count).